The molecule has 1 aliphatic rings. The summed E-state index contributed by atoms with van der Waals surface area (Å²) in [4.78, 5) is 4.27. The fraction of sp³-hybridized carbons (Fsp3) is 0.727. The lowest BCUT2D eigenvalue weighted by Crippen LogP contribution is -2.28. The number of rotatable bonds is 4. The first kappa shape index (κ1) is 10.6. The fourth-order valence-electron chi connectivity index (χ4n) is 1.91. The van der Waals surface area contributed by atoms with E-state index in [2.05, 4.69) is 14.9 Å². The number of aryl methyl sites for hydroxylation is 1. The molecule has 4 heteroatoms. The molecule has 2 rings (SSSR count). The van der Waals surface area contributed by atoms with Crippen LogP contribution in [0, 0.1) is 5.92 Å². The number of ether oxygens (including phenoxy) is 1. The van der Waals surface area contributed by atoms with Crippen molar-refractivity contribution in [1.29, 1.82) is 0 Å². The number of nitrogens with zero attached hydrogens (tertiary/aromatic N) is 2. The highest BCUT2D eigenvalue weighted by atomic mass is 16.5. The maximum atomic E-state index is 5.33. The van der Waals surface area contributed by atoms with Crippen LogP contribution in [-0.2, 0) is 18.3 Å². The van der Waals surface area contributed by atoms with Gasteiger partial charge in [-0.3, -0.25) is 0 Å². The van der Waals surface area contributed by atoms with Crippen LogP contribution >= 0.6 is 0 Å². The Bertz CT molecular complexity index is 292. The van der Waals surface area contributed by atoms with Crippen molar-refractivity contribution in [3.8, 4) is 0 Å². The Morgan fingerprint density at radius 1 is 1.53 bits per heavy atom. The molecule has 0 bridgehead atoms. The highest BCUT2D eigenvalue weighted by Gasteiger charge is 2.13. The summed E-state index contributed by atoms with van der Waals surface area (Å²) in [5, 5.41) is 3.46. The monoisotopic (exact) mass is 209 g/mol. The number of hydrogen-bond donors (Lipinski definition) is 1. The molecule has 1 N–H and O–H groups in total. The van der Waals surface area contributed by atoms with Crippen molar-refractivity contribution >= 4 is 0 Å². The third-order valence-corrected chi connectivity index (χ3v) is 2.98. The van der Waals surface area contributed by atoms with Crippen LogP contribution < -0.4 is 5.32 Å². The molecule has 0 atom stereocenters. The standard InChI is InChI=1S/C11H19N3O/c1-14-5-4-13-11(14)9-12-8-10-2-6-15-7-3-10/h4-5,10,12H,2-3,6-9H2,1H3. The van der Waals surface area contributed by atoms with Crippen LogP contribution in [-0.4, -0.2) is 29.3 Å². The highest BCUT2D eigenvalue weighted by Crippen LogP contribution is 2.13. The highest BCUT2D eigenvalue weighted by molar-refractivity contribution is 4.90. The summed E-state index contributed by atoms with van der Waals surface area (Å²) >= 11 is 0. The first-order chi connectivity index (χ1) is 7.36. The predicted octanol–water partition coefficient (Wildman–Crippen LogP) is 0.936. The summed E-state index contributed by atoms with van der Waals surface area (Å²) in [7, 11) is 2.03. The van der Waals surface area contributed by atoms with Crippen LogP contribution in [0.5, 0.6) is 0 Å². The molecule has 84 valence electrons. The predicted molar refractivity (Wildman–Crippen MR) is 58.5 cm³/mol. The van der Waals surface area contributed by atoms with Gasteiger partial charge in [-0.25, -0.2) is 4.98 Å². The zero-order valence-electron chi connectivity index (χ0n) is 9.28. The van der Waals surface area contributed by atoms with Crippen molar-refractivity contribution in [2.45, 2.75) is 19.4 Å². The van der Waals surface area contributed by atoms with Crippen molar-refractivity contribution < 1.29 is 4.74 Å². The maximum absolute atomic E-state index is 5.33. The van der Waals surface area contributed by atoms with Gasteiger partial charge in [0, 0.05) is 32.7 Å². The lowest BCUT2D eigenvalue weighted by atomic mass is 10.0. The molecule has 15 heavy (non-hydrogen) atoms. The largest absolute Gasteiger partial charge is 0.381 e. The van der Waals surface area contributed by atoms with Gasteiger partial charge in [0.25, 0.3) is 0 Å². The Balaban J connectivity index is 1.68. The Hall–Kier alpha value is -0.870. The summed E-state index contributed by atoms with van der Waals surface area (Å²) in [5.41, 5.74) is 0. The van der Waals surface area contributed by atoms with Crippen LogP contribution in [0.15, 0.2) is 12.4 Å². The molecular formula is C11H19N3O. The van der Waals surface area contributed by atoms with E-state index in [0.29, 0.717) is 0 Å². The maximum Gasteiger partial charge on any atom is 0.122 e. The quantitative estimate of drug-likeness (QED) is 0.802. The van der Waals surface area contributed by atoms with Gasteiger partial charge in [0.05, 0.1) is 6.54 Å². The molecule has 0 amide bonds. The molecule has 0 unspecified atom stereocenters. The van der Waals surface area contributed by atoms with Crippen molar-refractivity contribution in [2.24, 2.45) is 13.0 Å². The minimum absolute atomic E-state index is 0.777. The Morgan fingerprint density at radius 2 is 2.33 bits per heavy atom. The normalized spacial score (nSPS) is 18.2. The summed E-state index contributed by atoms with van der Waals surface area (Å²) in [6.45, 7) is 3.79. The topological polar surface area (TPSA) is 39.1 Å². The van der Waals surface area contributed by atoms with E-state index in [-0.39, 0.29) is 0 Å². The fourth-order valence-corrected chi connectivity index (χ4v) is 1.91. The van der Waals surface area contributed by atoms with Gasteiger partial charge in [0.2, 0.25) is 0 Å². The molecule has 0 aliphatic carbocycles. The number of imidazole rings is 1. The minimum atomic E-state index is 0.777. The van der Waals surface area contributed by atoms with Crippen molar-refractivity contribution in [2.75, 3.05) is 19.8 Å². The smallest absolute Gasteiger partial charge is 0.122 e. The van der Waals surface area contributed by atoms with Crippen LogP contribution in [0.2, 0.25) is 0 Å². The summed E-state index contributed by atoms with van der Waals surface area (Å²) in [5.74, 6) is 1.88. The van der Waals surface area contributed by atoms with Crippen molar-refractivity contribution in [3.05, 3.63) is 18.2 Å². The van der Waals surface area contributed by atoms with Gasteiger partial charge in [-0.2, -0.15) is 0 Å². The van der Waals surface area contributed by atoms with Gasteiger partial charge in [-0.15, -0.1) is 0 Å². The van der Waals surface area contributed by atoms with E-state index in [1.54, 1.807) is 0 Å². The second kappa shape index (κ2) is 5.28. The summed E-state index contributed by atoms with van der Waals surface area (Å²) in [6.07, 6.45) is 6.19. The third-order valence-electron chi connectivity index (χ3n) is 2.98. The van der Waals surface area contributed by atoms with E-state index < -0.39 is 0 Å². The molecule has 4 nitrogen and oxygen atoms in total. The molecule has 1 aromatic heterocycles. The average molecular weight is 209 g/mol. The van der Waals surface area contributed by atoms with Crippen LogP contribution in [0.3, 0.4) is 0 Å². The molecule has 1 fully saturated rings. The lowest BCUT2D eigenvalue weighted by Gasteiger charge is -2.22. The first-order valence-electron chi connectivity index (χ1n) is 5.61. The molecular weight excluding hydrogens is 190 g/mol. The Labute approximate surface area is 90.6 Å². The van der Waals surface area contributed by atoms with E-state index in [1.807, 2.05) is 19.4 Å². The van der Waals surface area contributed by atoms with E-state index >= 15 is 0 Å². The molecule has 1 aromatic rings. The van der Waals surface area contributed by atoms with Crippen molar-refractivity contribution in [3.63, 3.8) is 0 Å². The summed E-state index contributed by atoms with van der Waals surface area (Å²) < 4.78 is 7.38. The minimum Gasteiger partial charge on any atom is -0.381 e. The lowest BCUT2D eigenvalue weighted by molar-refractivity contribution is 0.0662. The van der Waals surface area contributed by atoms with E-state index in [0.717, 1.165) is 38.0 Å². The van der Waals surface area contributed by atoms with Gasteiger partial charge in [-0.05, 0) is 25.3 Å². The van der Waals surface area contributed by atoms with Gasteiger partial charge in [0.1, 0.15) is 5.82 Å². The molecule has 1 aliphatic heterocycles. The molecule has 0 saturated carbocycles. The van der Waals surface area contributed by atoms with E-state index in [4.69, 9.17) is 4.74 Å². The molecule has 0 spiro atoms. The van der Waals surface area contributed by atoms with Gasteiger partial charge < -0.3 is 14.6 Å². The van der Waals surface area contributed by atoms with Gasteiger partial charge >= 0.3 is 0 Å². The second-order valence-corrected chi connectivity index (χ2v) is 4.14. The second-order valence-electron chi connectivity index (χ2n) is 4.14. The third kappa shape index (κ3) is 3.04. The molecule has 0 aromatic carbocycles. The van der Waals surface area contributed by atoms with E-state index in [9.17, 15) is 0 Å². The van der Waals surface area contributed by atoms with Crippen LogP contribution in [0.25, 0.3) is 0 Å². The molecule has 2 heterocycles. The number of aromatic nitrogens is 2. The van der Waals surface area contributed by atoms with Gasteiger partial charge in [0.15, 0.2) is 0 Å². The number of hydrogen-bond acceptors (Lipinski definition) is 3. The van der Waals surface area contributed by atoms with Gasteiger partial charge in [-0.1, -0.05) is 0 Å². The number of nitrogens with one attached hydrogen (secondary N) is 1. The zero-order chi connectivity index (χ0) is 10.5. The average Bonchev–Trinajstić information content (AvgIpc) is 2.66. The van der Waals surface area contributed by atoms with Crippen LogP contribution in [0.1, 0.15) is 18.7 Å². The Kier molecular flexibility index (Phi) is 3.75. The van der Waals surface area contributed by atoms with Crippen molar-refractivity contribution in [1.82, 2.24) is 14.9 Å². The first-order valence-corrected chi connectivity index (χ1v) is 5.61. The molecule has 1 saturated heterocycles. The van der Waals surface area contributed by atoms with E-state index in [1.165, 1.54) is 12.8 Å². The summed E-state index contributed by atoms with van der Waals surface area (Å²) in [6, 6.07) is 0. The molecule has 0 radical (unpaired) electrons. The Morgan fingerprint density at radius 3 is 3.00 bits per heavy atom. The SMILES string of the molecule is Cn1ccnc1CNCC1CCOCC1. The van der Waals surface area contributed by atoms with Crippen LogP contribution in [0.4, 0.5) is 0 Å². The zero-order valence-corrected chi connectivity index (χ0v) is 9.28.